The SMILES string of the molecule is O=[N+]([O-])c1ccc(O[C@@H]2OC(CO)[C@@H](O)[C@H](O[C@@H]3OC(CO)[C@@H](O)[C@H](O[C@@H]4OC(CO)[C@@H](O)[C@H](O)C4O)C3O)C2O)cc1. The van der Waals surface area contributed by atoms with E-state index in [-0.39, 0.29) is 11.4 Å². The second kappa shape index (κ2) is 14.3. The van der Waals surface area contributed by atoms with E-state index in [2.05, 4.69) is 0 Å². The molecule has 0 saturated carbocycles. The molecule has 43 heavy (non-hydrogen) atoms. The Hall–Kier alpha value is -2.18. The van der Waals surface area contributed by atoms with Crippen LogP contribution in [0.25, 0.3) is 0 Å². The molecule has 15 atom stereocenters. The van der Waals surface area contributed by atoms with Gasteiger partial charge in [0.15, 0.2) is 12.6 Å². The minimum Gasteiger partial charge on any atom is -0.462 e. The molecule has 1 aromatic carbocycles. The van der Waals surface area contributed by atoms with Gasteiger partial charge in [0, 0.05) is 12.1 Å². The summed E-state index contributed by atoms with van der Waals surface area (Å²) in [6, 6.07) is 4.68. The number of aliphatic hydroxyl groups is 10. The van der Waals surface area contributed by atoms with Crippen molar-refractivity contribution in [2.24, 2.45) is 0 Å². The molecule has 0 aromatic heterocycles. The predicted octanol–water partition coefficient (Wildman–Crippen LogP) is -5.58. The lowest BCUT2D eigenvalue weighted by Gasteiger charge is -2.48. The lowest BCUT2D eigenvalue weighted by atomic mass is 9.96. The number of aliphatic hydroxyl groups excluding tert-OH is 10. The van der Waals surface area contributed by atoms with Crippen molar-refractivity contribution >= 4 is 5.69 Å². The van der Waals surface area contributed by atoms with E-state index in [4.69, 9.17) is 28.4 Å². The Kier molecular flexibility index (Phi) is 11.2. The van der Waals surface area contributed by atoms with E-state index in [9.17, 15) is 61.2 Å². The third-order valence-corrected chi connectivity index (χ3v) is 7.37. The number of non-ortho nitro benzene ring substituents is 1. The lowest BCUT2D eigenvalue weighted by Crippen LogP contribution is -2.67. The Morgan fingerprint density at radius 1 is 0.605 bits per heavy atom. The highest BCUT2D eigenvalue weighted by Gasteiger charge is 2.54. The summed E-state index contributed by atoms with van der Waals surface area (Å²) in [4.78, 5) is 10.3. The number of ether oxygens (including phenoxy) is 6. The second-order valence-electron chi connectivity index (χ2n) is 10.2. The van der Waals surface area contributed by atoms with Crippen LogP contribution >= 0.6 is 0 Å². The minimum absolute atomic E-state index is 0.00638. The molecule has 6 unspecified atom stereocenters. The van der Waals surface area contributed by atoms with Crippen molar-refractivity contribution in [3.05, 3.63) is 34.4 Å². The van der Waals surface area contributed by atoms with E-state index in [1.54, 1.807) is 0 Å². The summed E-state index contributed by atoms with van der Waals surface area (Å²) in [7, 11) is 0. The highest BCUT2D eigenvalue weighted by molar-refractivity contribution is 5.36. The fraction of sp³-hybridized carbons (Fsp3) is 0.750. The summed E-state index contributed by atoms with van der Waals surface area (Å²) < 4.78 is 32.8. The standard InChI is InChI=1S/C24H35NO18/c26-5-10-13(29)16(32)17(33)22(39-10)42-21-15(31)12(7-28)41-24(19(21)35)43-20-14(30)11(6-27)40-23(18(20)34)38-9-3-1-8(2-4-9)25(36)37/h1-4,10-24,26-35H,5-7H2/t10?,11?,12?,13-,14-,15-,16+,17?,18?,19?,20+,21+,22+,23-,24+/m1/s1. The normalized spacial score (nSPS) is 43.7. The van der Waals surface area contributed by atoms with Crippen LogP contribution in [0.3, 0.4) is 0 Å². The van der Waals surface area contributed by atoms with Crippen LogP contribution in [0.1, 0.15) is 0 Å². The first-order valence-corrected chi connectivity index (χ1v) is 13.2. The van der Waals surface area contributed by atoms with Crippen molar-refractivity contribution in [2.75, 3.05) is 19.8 Å². The van der Waals surface area contributed by atoms with Crippen LogP contribution in [-0.2, 0) is 23.7 Å². The molecule has 3 heterocycles. The van der Waals surface area contributed by atoms with Gasteiger partial charge in [-0.05, 0) is 12.1 Å². The number of nitro groups is 1. The molecule has 0 bridgehead atoms. The van der Waals surface area contributed by atoms with E-state index in [1.807, 2.05) is 0 Å². The topological polar surface area (TPSA) is 301 Å². The molecule has 19 nitrogen and oxygen atoms in total. The van der Waals surface area contributed by atoms with E-state index in [1.165, 1.54) is 12.1 Å². The highest BCUT2D eigenvalue weighted by Crippen LogP contribution is 2.33. The smallest absolute Gasteiger partial charge is 0.269 e. The molecule has 244 valence electrons. The van der Waals surface area contributed by atoms with Gasteiger partial charge in [0.05, 0.1) is 24.7 Å². The zero-order chi connectivity index (χ0) is 31.6. The van der Waals surface area contributed by atoms with E-state index in [0.717, 1.165) is 12.1 Å². The van der Waals surface area contributed by atoms with Gasteiger partial charge in [0.1, 0.15) is 79.0 Å². The summed E-state index contributed by atoms with van der Waals surface area (Å²) >= 11 is 0. The van der Waals surface area contributed by atoms with Crippen LogP contribution in [0, 0.1) is 10.1 Å². The van der Waals surface area contributed by atoms with Crippen molar-refractivity contribution < 1.29 is 84.4 Å². The fourth-order valence-corrected chi connectivity index (χ4v) is 4.91. The monoisotopic (exact) mass is 625 g/mol. The molecule has 10 N–H and O–H groups in total. The molecule has 0 spiro atoms. The van der Waals surface area contributed by atoms with Crippen LogP contribution < -0.4 is 4.74 Å². The van der Waals surface area contributed by atoms with Gasteiger partial charge in [-0.25, -0.2) is 0 Å². The van der Waals surface area contributed by atoms with Gasteiger partial charge in [0.2, 0.25) is 6.29 Å². The predicted molar refractivity (Wildman–Crippen MR) is 133 cm³/mol. The Balaban J connectivity index is 1.52. The molecular formula is C24H35NO18. The highest BCUT2D eigenvalue weighted by atomic mass is 16.8. The summed E-state index contributed by atoms with van der Waals surface area (Å²) in [6.45, 7) is -2.43. The number of hydrogen-bond acceptors (Lipinski definition) is 18. The zero-order valence-electron chi connectivity index (χ0n) is 22.3. The van der Waals surface area contributed by atoms with Gasteiger partial charge in [0.25, 0.3) is 5.69 Å². The van der Waals surface area contributed by atoms with Crippen LogP contribution in [0.5, 0.6) is 5.75 Å². The molecule has 1 aromatic rings. The zero-order valence-corrected chi connectivity index (χ0v) is 22.3. The number of rotatable bonds is 10. The van der Waals surface area contributed by atoms with Crippen molar-refractivity contribution in [1.29, 1.82) is 0 Å². The maximum atomic E-state index is 11.0. The first-order valence-electron chi connectivity index (χ1n) is 13.2. The average molecular weight is 626 g/mol. The Morgan fingerprint density at radius 3 is 1.49 bits per heavy atom. The Bertz CT molecular complexity index is 1050. The second-order valence-corrected chi connectivity index (χ2v) is 10.2. The molecule has 0 aliphatic carbocycles. The van der Waals surface area contributed by atoms with Gasteiger partial charge < -0.3 is 79.5 Å². The Morgan fingerprint density at radius 2 is 1.02 bits per heavy atom. The number of benzene rings is 1. The van der Waals surface area contributed by atoms with Crippen LogP contribution in [0.15, 0.2) is 24.3 Å². The van der Waals surface area contributed by atoms with Gasteiger partial charge in [-0.2, -0.15) is 0 Å². The van der Waals surface area contributed by atoms with E-state index >= 15 is 0 Å². The van der Waals surface area contributed by atoms with Crippen molar-refractivity contribution in [2.45, 2.75) is 92.1 Å². The summed E-state index contributed by atoms with van der Waals surface area (Å²) in [6.07, 6.45) is -25.9. The molecule has 4 rings (SSSR count). The maximum absolute atomic E-state index is 11.0. The third-order valence-electron chi connectivity index (χ3n) is 7.37. The lowest BCUT2D eigenvalue weighted by molar-refractivity contribution is -0.385. The maximum Gasteiger partial charge on any atom is 0.269 e. The molecule has 0 amide bonds. The van der Waals surface area contributed by atoms with Crippen molar-refractivity contribution in [1.82, 2.24) is 0 Å². The molecule has 19 heteroatoms. The number of nitrogens with zero attached hydrogens (tertiary/aromatic N) is 1. The summed E-state index contributed by atoms with van der Waals surface area (Å²) in [5.74, 6) is 0.00638. The van der Waals surface area contributed by atoms with Crippen molar-refractivity contribution in [3.63, 3.8) is 0 Å². The van der Waals surface area contributed by atoms with Crippen LogP contribution in [0.4, 0.5) is 5.69 Å². The first-order chi connectivity index (χ1) is 20.4. The van der Waals surface area contributed by atoms with Gasteiger partial charge in [-0.15, -0.1) is 0 Å². The fourth-order valence-electron chi connectivity index (χ4n) is 4.91. The summed E-state index contributed by atoms with van der Waals surface area (Å²) in [5.41, 5.74) is -0.244. The molecule has 3 fully saturated rings. The minimum atomic E-state index is -1.98. The largest absolute Gasteiger partial charge is 0.462 e. The van der Waals surface area contributed by atoms with E-state index < -0.39 is 117 Å². The summed E-state index contributed by atoms with van der Waals surface area (Å²) in [5, 5.41) is 114. The van der Waals surface area contributed by atoms with Crippen molar-refractivity contribution in [3.8, 4) is 5.75 Å². The van der Waals surface area contributed by atoms with E-state index in [0.29, 0.717) is 0 Å². The first kappa shape index (κ1) is 33.7. The van der Waals surface area contributed by atoms with Gasteiger partial charge in [-0.1, -0.05) is 0 Å². The van der Waals surface area contributed by atoms with Gasteiger partial charge in [-0.3, -0.25) is 10.1 Å². The molecule has 3 aliphatic heterocycles. The van der Waals surface area contributed by atoms with Crippen LogP contribution in [-0.4, -0.2) is 168 Å². The molecule has 3 aliphatic rings. The molecule has 0 radical (unpaired) electrons. The third kappa shape index (κ3) is 7.06. The number of nitro benzene ring substituents is 1. The molecule has 3 saturated heterocycles. The number of hydrogen-bond donors (Lipinski definition) is 10. The molecular weight excluding hydrogens is 590 g/mol. The Labute approximate surface area is 242 Å². The van der Waals surface area contributed by atoms with Gasteiger partial charge >= 0.3 is 0 Å². The van der Waals surface area contributed by atoms with Crippen LogP contribution in [0.2, 0.25) is 0 Å². The average Bonchev–Trinajstić information content (AvgIpc) is 2.99. The quantitative estimate of drug-likeness (QED) is 0.0856.